The Labute approximate surface area is 115 Å². The van der Waals surface area contributed by atoms with Crippen LogP contribution in [0.2, 0.25) is 0 Å². The lowest BCUT2D eigenvalue weighted by atomic mass is 9.87. The average Bonchev–Trinajstić information content (AvgIpc) is 2.27. The molecule has 1 aliphatic carbocycles. The van der Waals surface area contributed by atoms with Gasteiger partial charge in [-0.25, -0.2) is 0 Å². The van der Waals surface area contributed by atoms with Crippen LogP contribution in [-0.4, -0.2) is 49.1 Å². The maximum atomic E-state index is 2.62. The molecule has 0 aromatic heterocycles. The molecule has 0 unspecified atom stereocenters. The number of likely N-dealkylation sites (N-methyl/N-ethyl adjacent to an activating group) is 2. The second-order valence-corrected chi connectivity index (χ2v) is 7.09. The molecule has 1 saturated carbocycles. The van der Waals surface area contributed by atoms with Crippen molar-refractivity contribution in [3.05, 3.63) is 0 Å². The van der Waals surface area contributed by atoms with E-state index in [1.165, 1.54) is 38.8 Å². The minimum absolute atomic E-state index is 0.768. The van der Waals surface area contributed by atoms with Crippen molar-refractivity contribution in [3.8, 4) is 0 Å². The summed E-state index contributed by atoms with van der Waals surface area (Å²) in [6, 6.07) is 1.54. The molecule has 1 rings (SSSR count). The SMILES string of the molecule is CC(C)CN(C)[C@@H]1CCCC[C@H]1N(C)CC(C)C. The first-order valence-corrected chi connectivity index (χ1v) is 7.82. The molecule has 0 radical (unpaired) electrons. The monoisotopic (exact) mass is 254 g/mol. The smallest absolute Gasteiger partial charge is 0.0248 e. The molecule has 2 nitrogen and oxygen atoms in total. The van der Waals surface area contributed by atoms with Crippen LogP contribution in [0.1, 0.15) is 53.4 Å². The van der Waals surface area contributed by atoms with Crippen molar-refractivity contribution in [2.45, 2.75) is 65.5 Å². The highest BCUT2D eigenvalue weighted by molar-refractivity contribution is 4.88. The summed E-state index contributed by atoms with van der Waals surface area (Å²) in [7, 11) is 4.65. The van der Waals surface area contributed by atoms with Crippen LogP contribution in [-0.2, 0) is 0 Å². The molecule has 2 atom stereocenters. The molecular formula is C16H34N2. The Kier molecular flexibility index (Phi) is 6.65. The van der Waals surface area contributed by atoms with Gasteiger partial charge < -0.3 is 9.80 Å². The van der Waals surface area contributed by atoms with Crippen molar-refractivity contribution in [1.29, 1.82) is 0 Å². The maximum absolute atomic E-state index is 2.62. The van der Waals surface area contributed by atoms with Crippen molar-refractivity contribution >= 4 is 0 Å². The summed E-state index contributed by atoms with van der Waals surface area (Å²) in [5.74, 6) is 1.54. The predicted molar refractivity (Wildman–Crippen MR) is 81.0 cm³/mol. The minimum atomic E-state index is 0.768. The number of hydrogen-bond acceptors (Lipinski definition) is 2. The fourth-order valence-electron chi connectivity index (χ4n) is 3.54. The van der Waals surface area contributed by atoms with Crippen LogP contribution in [0.25, 0.3) is 0 Å². The van der Waals surface area contributed by atoms with Gasteiger partial charge in [0.2, 0.25) is 0 Å². The van der Waals surface area contributed by atoms with Gasteiger partial charge in [-0.2, -0.15) is 0 Å². The molecule has 0 bridgehead atoms. The molecule has 0 saturated heterocycles. The summed E-state index contributed by atoms with van der Waals surface area (Å²) in [5.41, 5.74) is 0. The second-order valence-electron chi connectivity index (χ2n) is 7.09. The lowest BCUT2D eigenvalue weighted by molar-refractivity contribution is 0.0651. The standard InChI is InChI=1S/C16H34N2/c1-13(2)11-17(5)15-9-7-8-10-16(15)18(6)12-14(3)4/h13-16H,7-12H2,1-6H3/t15-,16-/m1/s1. The van der Waals surface area contributed by atoms with Crippen LogP contribution in [0.15, 0.2) is 0 Å². The van der Waals surface area contributed by atoms with Gasteiger partial charge in [0.25, 0.3) is 0 Å². The van der Waals surface area contributed by atoms with Gasteiger partial charge >= 0.3 is 0 Å². The number of hydrogen-bond donors (Lipinski definition) is 0. The van der Waals surface area contributed by atoms with E-state index in [1.54, 1.807) is 0 Å². The summed E-state index contributed by atoms with van der Waals surface area (Å²) < 4.78 is 0. The molecule has 0 aliphatic heterocycles. The van der Waals surface area contributed by atoms with Crippen LogP contribution >= 0.6 is 0 Å². The Bertz CT molecular complexity index is 201. The van der Waals surface area contributed by atoms with E-state index in [0.717, 1.165) is 23.9 Å². The van der Waals surface area contributed by atoms with E-state index in [9.17, 15) is 0 Å². The third kappa shape index (κ3) is 4.89. The van der Waals surface area contributed by atoms with Crippen LogP contribution in [0, 0.1) is 11.8 Å². The molecule has 0 spiro atoms. The van der Waals surface area contributed by atoms with Gasteiger partial charge in [-0.15, -0.1) is 0 Å². The molecular weight excluding hydrogens is 220 g/mol. The van der Waals surface area contributed by atoms with Crippen molar-refractivity contribution in [3.63, 3.8) is 0 Å². The van der Waals surface area contributed by atoms with Crippen LogP contribution in [0.3, 0.4) is 0 Å². The summed E-state index contributed by atoms with van der Waals surface area (Å²) in [6.45, 7) is 11.8. The molecule has 0 amide bonds. The molecule has 0 aromatic carbocycles. The van der Waals surface area contributed by atoms with E-state index in [-0.39, 0.29) is 0 Å². The Morgan fingerprint density at radius 2 is 1.11 bits per heavy atom. The quantitative estimate of drug-likeness (QED) is 0.716. The number of nitrogens with zero attached hydrogens (tertiary/aromatic N) is 2. The van der Waals surface area contributed by atoms with Crippen molar-refractivity contribution in [2.75, 3.05) is 27.2 Å². The summed E-state index contributed by atoms with van der Waals surface area (Å²) in [4.78, 5) is 5.23. The van der Waals surface area contributed by atoms with E-state index in [4.69, 9.17) is 0 Å². The molecule has 18 heavy (non-hydrogen) atoms. The Morgan fingerprint density at radius 1 is 0.778 bits per heavy atom. The molecule has 1 fully saturated rings. The van der Waals surface area contributed by atoms with Gasteiger partial charge in [-0.3, -0.25) is 0 Å². The topological polar surface area (TPSA) is 6.48 Å². The van der Waals surface area contributed by atoms with E-state index in [2.05, 4.69) is 51.6 Å². The zero-order chi connectivity index (χ0) is 13.7. The van der Waals surface area contributed by atoms with Gasteiger partial charge in [0.1, 0.15) is 0 Å². The first-order chi connectivity index (χ1) is 8.41. The molecule has 108 valence electrons. The first-order valence-electron chi connectivity index (χ1n) is 7.82. The molecule has 0 heterocycles. The number of rotatable bonds is 6. The fourth-order valence-corrected chi connectivity index (χ4v) is 3.54. The highest BCUT2D eigenvalue weighted by Crippen LogP contribution is 2.26. The molecule has 0 aromatic rings. The average molecular weight is 254 g/mol. The third-order valence-corrected chi connectivity index (χ3v) is 4.13. The lowest BCUT2D eigenvalue weighted by Gasteiger charge is -2.43. The third-order valence-electron chi connectivity index (χ3n) is 4.13. The minimum Gasteiger partial charge on any atom is -0.302 e. The van der Waals surface area contributed by atoms with Gasteiger partial charge in [0.05, 0.1) is 0 Å². The molecule has 2 heteroatoms. The zero-order valence-corrected chi connectivity index (χ0v) is 13.4. The normalized spacial score (nSPS) is 25.7. The van der Waals surface area contributed by atoms with Gasteiger partial charge in [-0.1, -0.05) is 40.5 Å². The van der Waals surface area contributed by atoms with Crippen molar-refractivity contribution < 1.29 is 0 Å². The Morgan fingerprint density at radius 3 is 1.39 bits per heavy atom. The fraction of sp³-hybridized carbons (Fsp3) is 1.00. The van der Waals surface area contributed by atoms with Gasteiger partial charge in [0.15, 0.2) is 0 Å². The lowest BCUT2D eigenvalue weighted by Crippen LogP contribution is -2.52. The van der Waals surface area contributed by atoms with E-state index in [0.29, 0.717) is 0 Å². The molecule has 0 N–H and O–H groups in total. The van der Waals surface area contributed by atoms with Gasteiger partial charge in [-0.05, 0) is 38.8 Å². The summed E-state index contributed by atoms with van der Waals surface area (Å²) in [5, 5.41) is 0. The van der Waals surface area contributed by atoms with E-state index in [1.807, 2.05) is 0 Å². The predicted octanol–water partition coefficient (Wildman–Crippen LogP) is 3.47. The highest BCUT2D eigenvalue weighted by Gasteiger charge is 2.31. The second kappa shape index (κ2) is 7.49. The largest absolute Gasteiger partial charge is 0.302 e. The van der Waals surface area contributed by atoms with E-state index >= 15 is 0 Å². The van der Waals surface area contributed by atoms with Crippen LogP contribution in [0.4, 0.5) is 0 Å². The Hall–Kier alpha value is -0.0800. The van der Waals surface area contributed by atoms with Gasteiger partial charge in [0, 0.05) is 25.2 Å². The summed E-state index contributed by atoms with van der Waals surface area (Å²) in [6.07, 6.45) is 5.60. The highest BCUT2D eigenvalue weighted by atomic mass is 15.2. The maximum Gasteiger partial charge on any atom is 0.0248 e. The van der Waals surface area contributed by atoms with Crippen LogP contribution in [0.5, 0.6) is 0 Å². The zero-order valence-electron chi connectivity index (χ0n) is 13.4. The van der Waals surface area contributed by atoms with Crippen molar-refractivity contribution in [2.24, 2.45) is 11.8 Å². The van der Waals surface area contributed by atoms with Crippen molar-refractivity contribution in [1.82, 2.24) is 9.80 Å². The van der Waals surface area contributed by atoms with E-state index < -0.39 is 0 Å². The molecule has 1 aliphatic rings. The Balaban J connectivity index is 2.61. The summed E-state index contributed by atoms with van der Waals surface area (Å²) >= 11 is 0. The van der Waals surface area contributed by atoms with Crippen LogP contribution < -0.4 is 0 Å². The first kappa shape index (κ1) is 16.0.